The number of rotatable bonds is 1. The van der Waals surface area contributed by atoms with Crippen LogP contribution in [0.15, 0.2) is 18.2 Å². The largest absolute Gasteiger partial charge is 0.385 e. The fourth-order valence-electron chi connectivity index (χ4n) is 1.91. The molecule has 0 aromatic heterocycles. The summed E-state index contributed by atoms with van der Waals surface area (Å²) in [6.45, 7) is 1.91. The van der Waals surface area contributed by atoms with Gasteiger partial charge in [-0.25, -0.2) is 0 Å². The first kappa shape index (κ1) is 9.51. The van der Waals surface area contributed by atoms with Crippen molar-refractivity contribution in [3.05, 3.63) is 35.9 Å². The van der Waals surface area contributed by atoms with Gasteiger partial charge in [0, 0.05) is 13.1 Å². The SMILES string of the molecule is CN1CCC(O)(c2cc#ccc2)CC1. The fraction of sp³-hybridized carbons (Fsp3) is 0.500. The molecule has 0 bridgehead atoms. The van der Waals surface area contributed by atoms with E-state index >= 15 is 0 Å². The number of piperidine rings is 1. The summed E-state index contributed by atoms with van der Waals surface area (Å²) in [5.41, 5.74) is 0.335. The molecule has 0 unspecified atom stereocenters. The van der Waals surface area contributed by atoms with E-state index in [-0.39, 0.29) is 0 Å². The van der Waals surface area contributed by atoms with Crippen molar-refractivity contribution in [3.63, 3.8) is 0 Å². The average Bonchev–Trinajstić information content (AvgIpc) is 2.24. The molecule has 0 atom stereocenters. The third-order valence-corrected chi connectivity index (χ3v) is 3.01. The number of nitrogens with zero attached hydrogens (tertiary/aromatic N) is 1. The van der Waals surface area contributed by atoms with Gasteiger partial charge in [0.1, 0.15) is 0 Å². The van der Waals surface area contributed by atoms with Crippen molar-refractivity contribution in [2.45, 2.75) is 18.4 Å². The maximum atomic E-state index is 10.4. The third-order valence-electron chi connectivity index (χ3n) is 3.01. The number of hydrogen-bond acceptors (Lipinski definition) is 2. The Morgan fingerprint density at radius 3 is 2.64 bits per heavy atom. The summed E-state index contributed by atoms with van der Waals surface area (Å²) in [7, 11) is 2.09. The van der Waals surface area contributed by atoms with Gasteiger partial charge in [0.25, 0.3) is 0 Å². The van der Waals surface area contributed by atoms with Crippen LogP contribution in [0.25, 0.3) is 0 Å². The van der Waals surface area contributed by atoms with Crippen LogP contribution in [0.1, 0.15) is 18.4 Å². The standard InChI is InChI=1S/C12H15NO/c1-13-9-7-12(14,8-10-13)11-5-3-2-4-6-11/h3,5-6,14H,7-10H2,1H3. The molecule has 1 aromatic rings. The van der Waals surface area contributed by atoms with E-state index in [1.54, 1.807) is 0 Å². The smallest absolute Gasteiger partial charge is 0.0927 e. The highest BCUT2D eigenvalue weighted by Crippen LogP contribution is 2.31. The van der Waals surface area contributed by atoms with E-state index in [9.17, 15) is 5.11 Å². The van der Waals surface area contributed by atoms with Gasteiger partial charge in [0.2, 0.25) is 0 Å². The Balaban J connectivity index is 2.17. The van der Waals surface area contributed by atoms with E-state index < -0.39 is 5.60 Å². The molecule has 1 fully saturated rings. The molecule has 1 aliphatic heterocycles. The van der Waals surface area contributed by atoms with Gasteiger partial charge in [-0.1, -0.05) is 12.1 Å². The minimum atomic E-state index is -0.641. The Labute approximate surface area is 85.2 Å². The van der Waals surface area contributed by atoms with Crippen LogP contribution in [0.4, 0.5) is 0 Å². The van der Waals surface area contributed by atoms with Gasteiger partial charge < -0.3 is 10.0 Å². The maximum Gasteiger partial charge on any atom is 0.0927 e. The highest BCUT2D eigenvalue weighted by molar-refractivity contribution is 5.19. The molecule has 1 heterocycles. The molecule has 0 amide bonds. The second-order valence-corrected chi connectivity index (χ2v) is 4.06. The van der Waals surface area contributed by atoms with Crippen LogP contribution >= 0.6 is 0 Å². The molecule has 1 aromatic carbocycles. The van der Waals surface area contributed by atoms with E-state index in [4.69, 9.17) is 0 Å². The second-order valence-electron chi connectivity index (χ2n) is 4.06. The predicted molar refractivity (Wildman–Crippen MR) is 54.7 cm³/mol. The zero-order chi connectivity index (χ0) is 10.0. The average molecular weight is 189 g/mol. The Hall–Kier alpha value is -1.04. The van der Waals surface area contributed by atoms with Gasteiger partial charge in [-0.2, -0.15) is 0 Å². The predicted octanol–water partition coefficient (Wildman–Crippen LogP) is 1.20. The normalized spacial score (nSPS) is 21.6. The molecule has 2 heteroatoms. The quantitative estimate of drug-likeness (QED) is 0.717. The van der Waals surface area contributed by atoms with E-state index in [0.29, 0.717) is 0 Å². The van der Waals surface area contributed by atoms with Crippen LogP contribution in [0, 0.1) is 12.1 Å². The monoisotopic (exact) mass is 189 g/mol. The van der Waals surface area contributed by atoms with Crippen LogP contribution in [0.5, 0.6) is 0 Å². The molecule has 1 aliphatic rings. The summed E-state index contributed by atoms with van der Waals surface area (Å²) < 4.78 is 0. The van der Waals surface area contributed by atoms with Crippen LogP contribution in [0.2, 0.25) is 0 Å². The van der Waals surface area contributed by atoms with Gasteiger partial charge in [-0.15, -0.1) is 0 Å². The molecule has 1 N–H and O–H groups in total. The lowest BCUT2D eigenvalue weighted by Crippen LogP contribution is -2.40. The summed E-state index contributed by atoms with van der Waals surface area (Å²) in [4.78, 5) is 2.24. The molecule has 14 heavy (non-hydrogen) atoms. The highest BCUT2D eigenvalue weighted by Gasteiger charge is 2.32. The number of aliphatic hydroxyl groups is 1. The fourth-order valence-corrected chi connectivity index (χ4v) is 1.91. The Bertz CT molecular complexity index is 288. The molecular formula is C12H15NO. The lowest BCUT2D eigenvalue weighted by molar-refractivity contribution is -0.0202. The van der Waals surface area contributed by atoms with E-state index in [1.807, 2.05) is 18.2 Å². The first-order valence-electron chi connectivity index (χ1n) is 5.00. The van der Waals surface area contributed by atoms with E-state index in [0.717, 1.165) is 31.5 Å². The number of hydrogen-bond donors (Lipinski definition) is 1. The summed E-state index contributed by atoms with van der Waals surface area (Å²) in [6, 6.07) is 11.3. The number of likely N-dealkylation sites (tertiary alicyclic amines) is 1. The zero-order valence-corrected chi connectivity index (χ0v) is 8.45. The van der Waals surface area contributed by atoms with E-state index in [1.165, 1.54) is 0 Å². The molecular weight excluding hydrogens is 174 g/mol. The van der Waals surface area contributed by atoms with Crippen molar-refractivity contribution in [2.24, 2.45) is 0 Å². The first-order valence-corrected chi connectivity index (χ1v) is 5.00. The van der Waals surface area contributed by atoms with Crippen LogP contribution in [0.3, 0.4) is 0 Å². The molecule has 2 nitrogen and oxygen atoms in total. The van der Waals surface area contributed by atoms with Crippen molar-refractivity contribution >= 4 is 0 Å². The van der Waals surface area contributed by atoms with Gasteiger partial charge in [-0.05, 0) is 43.7 Å². The van der Waals surface area contributed by atoms with Crippen molar-refractivity contribution in [1.82, 2.24) is 4.90 Å². The van der Waals surface area contributed by atoms with Crippen molar-refractivity contribution in [1.29, 1.82) is 0 Å². The first-order chi connectivity index (χ1) is 6.71. The molecule has 1 saturated heterocycles. The molecule has 0 spiro atoms. The molecule has 0 aliphatic carbocycles. The van der Waals surface area contributed by atoms with Gasteiger partial charge in [0.05, 0.1) is 5.60 Å². The highest BCUT2D eigenvalue weighted by atomic mass is 16.3. The van der Waals surface area contributed by atoms with E-state index in [2.05, 4.69) is 24.1 Å². The van der Waals surface area contributed by atoms with Crippen LogP contribution in [-0.4, -0.2) is 30.1 Å². The third kappa shape index (κ3) is 1.75. The minimum Gasteiger partial charge on any atom is -0.385 e. The molecule has 0 radical (unpaired) electrons. The summed E-state index contributed by atoms with van der Waals surface area (Å²) in [5, 5.41) is 10.4. The van der Waals surface area contributed by atoms with Crippen molar-refractivity contribution in [2.75, 3.05) is 20.1 Å². The maximum absolute atomic E-state index is 10.4. The molecule has 74 valence electrons. The van der Waals surface area contributed by atoms with Gasteiger partial charge in [0.15, 0.2) is 0 Å². The summed E-state index contributed by atoms with van der Waals surface area (Å²) in [5.74, 6) is 0. The minimum absolute atomic E-state index is 0.641. The summed E-state index contributed by atoms with van der Waals surface area (Å²) in [6.07, 6.45) is 1.61. The molecule has 2 rings (SSSR count). The second kappa shape index (κ2) is 3.61. The van der Waals surface area contributed by atoms with Crippen molar-refractivity contribution < 1.29 is 5.11 Å². The Morgan fingerprint density at radius 2 is 2.07 bits per heavy atom. The lowest BCUT2D eigenvalue weighted by atomic mass is 9.85. The van der Waals surface area contributed by atoms with Crippen LogP contribution in [-0.2, 0) is 5.60 Å². The van der Waals surface area contributed by atoms with Crippen molar-refractivity contribution in [3.8, 4) is 0 Å². The Kier molecular flexibility index (Phi) is 2.45. The molecule has 0 saturated carbocycles. The van der Waals surface area contributed by atoms with Gasteiger partial charge >= 0.3 is 0 Å². The lowest BCUT2D eigenvalue weighted by Gasteiger charge is -2.36. The van der Waals surface area contributed by atoms with Gasteiger partial charge in [-0.3, -0.25) is 0 Å². The zero-order valence-electron chi connectivity index (χ0n) is 8.45. The topological polar surface area (TPSA) is 23.5 Å². The summed E-state index contributed by atoms with van der Waals surface area (Å²) >= 11 is 0. The Morgan fingerprint density at radius 1 is 1.36 bits per heavy atom. The van der Waals surface area contributed by atoms with Crippen LogP contribution < -0.4 is 0 Å².